The van der Waals surface area contributed by atoms with Gasteiger partial charge in [0, 0.05) is 24.5 Å². The second-order valence-corrected chi connectivity index (χ2v) is 7.10. The van der Waals surface area contributed by atoms with Gasteiger partial charge in [-0.15, -0.1) is 0 Å². The molecule has 0 unspecified atom stereocenters. The third-order valence-electron chi connectivity index (χ3n) is 4.11. The molecule has 13 heteroatoms. The summed E-state index contributed by atoms with van der Waals surface area (Å²) in [6, 6.07) is 12.9. The maximum absolute atomic E-state index is 11.4. The van der Waals surface area contributed by atoms with E-state index in [-0.39, 0.29) is 56.8 Å². The average Bonchev–Trinajstić information content (AvgIpc) is 2.88. The molecule has 0 aliphatic carbocycles. The first kappa shape index (κ1) is 31.0. The Morgan fingerprint density at radius 1 is 0.784 bits per heavy atom. The van der Waals surface area contributed by atoms with Gasteiger partial charge in [0.05, 0.1) is 0 Å². The van der Waals surface area contributed by atoms with Gasteiger partial charge >= 0.3 is 6.03 Å². The van der Waals surface area contributed by atoms with Crippen LogP contribution in [0.3, 0.4) is 0 Å². The van der Waals surface area contributed by atoms with Crippen molar-refractivity contribution in [2.45, 2.75) is 13.8 Å². The fourth-order valence-electron chi connectivity index (χ4n) is 2.39. The molecular formula is C24H36N6O7. The number of phenolic OH excluding ortho intramolecular Hbond substituents is 2. The van der Waals surface area contributed by atoms with Crippen LogP contribution in [0.5, 0.6) is 11.5 Å². The third-order valence-corrected chi connectivity index (χ3v) is 4.11. The molecule has 0 fully saturated rings. The van der Waals surface area contributed by atoms with Gasteiger partial charge in [0.2, 0.25) is 0 Å². The number of amidine groups is 1. The number of carbonyl (C=O) groups excluding carboxylic acids is 2. The molecule has 204 valence electrons. The van der Waals surface area contributed by atoms with E-state index in [1.807, 2.05) is 13.8 Å². The molecule has 13 nitrogen and oxygen atoms in total. The van der Waals surface area contributed by atoms with Crippen molar-refractivity contribution >= 4 is 29.1 Å². The Morgan fingerprint density at radius 3 is 1.84 bits per heavy atom. The van der Waals surface area contributed by atoms with Crippen LogP contribution in [0.4, 0.5) is 16.2 Å². The summed E-state index contributed by atoms with van der Waals surface area (Å²) in [4.78, 5) is 25.9. The van der Waals surface area contributed by atoms with E-state index in [4.69, 9.17) is 30.2 Å². The molecule has 0 bridgehead atoms. The van der Waals surface area contributed by atoms with Crippen molar-refractivity contribution in [1.29, 1.82) is 0 Å². The van der Waals surface area contributed by atoms with E-state index in [1.165, 1.54) is 0 Å². The maximum Gasteiger partial charge on any atom is 0.316 e. The number of hydrogen-bond donors (Lipinski definition) is 7. The Hall–Kier alpha value is -4.07. The van der Waals surface area contributed by atoms with Gasteiger partial charge in [-0.2, -0.15) is 4.99 Å². The standard InChI is InChI=1S/C13H19N3O4.C11H17N3O3/c1-2-19-7-12(14)16-13(18)8-20-9-15-10-3-5-11(17)6-4-10;1-2-12-11(16)14-8-17-7-13-9-3-5-10(15)6-4-9/h3-6,15,17H,2,7-9H2,1H3,(H2,14,16,18);3-6,13,15H,2,7-8H2,1H3,(H2,12,14,16). The molecule has 2 rings (SSSR count). The van der Waals surface area contributed by atoms with Crippen molar-refractivity contribution < 1.29 is 34.0 Å². The Bertz CT molecular complexity index is 940. The number of nitrogens with one attached hydrogen (secondary N) is 4. The molecule has 0 aliphatic heterocycles. The number of aliphatic imine (C=N–C) groups is 1. The molecule has 8 N–H and O–H groups in total. The van der Waals surface area contributed by atoms with Gasteiger partial charge in [0.1, 0.15) is 50.7 Å². The zero-order valence-electron chi connectivity index (χ0n) is 21.0. The number of ether oxygens (including phenoxy) is 3. The number of phenols is 2. The highest BCUT2D eigenvalue weighted by atomic mass is 16.5. The first-order chi connectivity index (χ1) is 17.8. The number of benzene rings is 2. The number of nitrogens with two attached hydrogens (primary N) is 1. The highest BCUT2D eigenvalue weighted by Crippen LogP contribution is 2.13. The van der Waals surface area contributed by atoms with Crippen LogP contribution in [0.2, 0.25) is 0 Å². The highest BCUT2D eigenvalue weighted by molar-refractivity contribution is 5.94. The predicted molar refractivity (Wildman–Crippen MR) is 140 cm³/mol. The zero-order chi connectivity index (χ0) is 27.3. The van der Waals surface area contributed by atoms with Gasteiger partial charge in [-0.3, -0.25) is 4.79 Å². The molecule has 0 saturated carbocycles. The Morgan fingerprint density at radius 2 is 1.32 bits per heavy atom. The van der Waals surface area contributed by atoms with Gasteiger partial charge < -0.3 is 51.4 Å². The van der Waals surface area contributed by atoms with Crippen LogP contribution in [0.1, 0.15) is 13.8 Å². The first-order valence-corrected chi connectivity index (χ1v) is 11.5. The highest BCUT2D eigenvalue weighted by Gasteiger charge is 2.02. The lowest BCUT2D eigenvalue weighted by Gasteiger charge is -2.09. The predicted octanol–water partition coefficient (Wildman–Crippen LogP) is 1.75. The molecule has 0 radical (unpaired) electrons. The molecule has 2 aromatic rings. The lowest BCUT2D eigenvalue weighted by molar-refractivity contribution is -0.122. The Labute approximate surface area is 216 Å². The normalized spacial score (nSPS) is 10.6. The van der Waals surface area contributed by atoms with Gasteiger partial charge in [-0.05, 0) is 62.4 Å². The molecule has 0 heterocycles. The lowest BCUT2D eigenvalue weighted by atomic mass is 10.3. The van der Waals surface area contributed by atoms with Gasteiger partial charge in [0.25, 0.3) is 5.91 Å². The number of hydrogen-bond acceptors (Lipinski definition) is 9. The van der Waals surface area contributed by atoms with Crippen LogP contribution in [0.25, 0.3) is 0 Å². The number of anilines is 2. The summed E-state index contributed by atoms with van der Waals surface area (Å²) in [6.07, 6.45) is 0. The fraction of sp³-hybridized carbons (Fsp3) is 0.375. The van der Waals surface area contributed by atoms with Crippen molar-refractivity contribution in [1.82, 2.24) is 10.6 Å². The quantitative estimate of drug-likeness (QED) is 0.0635. The summed E-state index contributed by atoms with van der Waals surface area (Å²) in [6.45, 7) is 5.28. The van der Waals surface area contributed by atoms with Crippen LogP contribution >= 0.6 is 0 Å². The van der Waals surface area contributed by atoms with Crippen molar-refractivity contribution in [2.75, 3.05) is 57.2 Å². The van der Waals surface area contributed by atoms with E-state index in [0.717, 1.165) is 11.4 Å². The number of nitrogens with zero attached hydrogens (tertiary/aromatic N) is 1. The van der Waals surface area contributed by atoms with Crippen LogP contribution in [-0.2, 0) is 19.0 Å². The molecule has 3 amide bonds. The second-order valence-electron chi connectivity index (χ2n) is 7.10. The molecule has 37 heavy (non-hydrogen) atoms. The number of carbonyl (C=O) groups is 2. The summed E-state index contributed by atoms with van der Waals surface area (Å²) in [5.41, 5.74) is 7.09. The topological polar surface area (TPSA) is 189 Å². The van der Waals surface area contributed by atoms with E-state index in [9.17, 15) is 9.59 Å². The van der Waals surface area contributed by atoms with Crippen molar-refractivity contribution in [3.8, 4) is 11.5 Å². The minimum absolute atomic E-state index is 0.131. The lowest BCUT2D eigenvalue weighted by Crippen LogP contribution is -2.36. The minimum Gasteiger partial charge on any atom is -0.508 e. The van der Waals surface area contributed by atoms with Crippen molar-refractivity contribution in [2.24, 2.45) is 10.7 Å². The van der Waals surface area contributed by atoms with E-state index >= 15 is 0 Å². The molecule has 0 aliphatic rings. The monoisotopic (exact) mass is 520 g/mol. The SMILES string of the molecule is CCNC(=O)NCOCNc1ccc(O)cc1.CCOCC(N)=NC(=O)COCNc1ccc(O)cc1. The zero-order valence-corrected chi connectivity index (χ0v) is 21.0. The number of aromatic hydroxyl groups is 2. The summed E-state index contributed by atoms with van der Waals surface area (Å²) in [7, 11) is 0. The number of amides is 3. The van der Waals surface area contributed by atoms with Gasteiger partial charge in [-0.25, -0.2) is 4.79 Å². The van der Waals surface area contributed by atoms with E-state index < -0.39 is 5.91 Å². The Balaban J connectivity index is 0.000000375. The number of rotatable bonds is 14. The number of urea groups is 1. The summed E-state index contributed by atoms with van der Waals surface area (Å²) >= 11 is 0. The van der Waals surface area contributed by atoms with Gasteiger partial charge in [-0.1, -0.05) is 0 Å². The smallest absolute Gasteiger partial charge is 0.316 e. The third kappa shape index (κ3) is 16.3. The molecule has 0 spiro atoms. The van der Waals surface area contributed by atoms with Crippen LogP contribution in [0.15, 0.2) is 53.5 Å². The van der Waals surface area contributed by atoms with Crippen LogP contribution in [-0.4, -0.2) is 74.5 Å². The van der Waals surface area contributed by atoms with Crippen molar-refractivity contribution in [3.05, 3.63) is 48.5 Å². The van der Waals surface area contributed by atoms with E-state index in [1.54, 1.807) is 48.5 Å². The van der Waals surface area contributed by atoms with Crippen LogP contribution < -0.4 is 27.0 Å². The minimum atomic E-state index is -0.463. The molecular weight excluding hydrogens is 484 g/mol. The maximum atomic E-state index is 11.4. The summed E-state index contributed by atoms with van der Waals surface area (Å²) in [5.74, 6) is 0.0711. The average molecular weight is 521 g/mol. The van der Waals surface area contributed by atoms with Crippen LogP contribution in [0, 0.1) is 0 Å². The first-order valence-electron chi connectivity index (χ1n) is 11.5. The largest absolute Gasteiger partial charge is 0.508 e. The van der Waals surface area contributed by atoms with Crippen molar-refractivity contribution in [3.63, 3.8) is 0 Å². The second kappa shape index (κ2) is 19.2. The molecule has 0 aromatic heterocycles. The van der Waals surface area contributed by atoms with Gasteiger partial charge in [0.15, 0.2) is 0 Å². The summed E-state index contributed by atoms with van der Waals surface area (Å²) < 4.78 is 15.3. The Kier molecular flexibility index (Phi) is 16.0. The van der Waals surface area contributed by atoms with E-state index in [0.29, 0.717) is 13.2 Å². The molecule has 0 saturated heterocycles. The molecule has 2 aromatic carbocycles. The van der Waals surface area contributed by atoms with E-state index in [2.05, 4.69) is 26.3 Å². The molecule has 0 atom stereocenters. The summed E-state index contributed by atoms with van der Waals surface area (Å²) in [5, 5.41) is 29.2. The fourth-order valence-corrected chi connectivity index (χ4v) is 2.39.